The second-order valence-electron chi connectivity index (χ2n) is 5.64. The molecule has 0 aromatic heterocycles. The van der Waals surface area contributed by atoms with Gasteiger partial charge < -0.3 is 15.0 Å². The molecule has 0 atom stereocenters. The number of methoxy groups -OCH3 is 1. The summed E-state index contributed by atoms with van der Waals surface area (Å²) >= 11 is 0. The fourth-order valence-corrected chi connectivity index (χ4v) is 2.48. The van der Waals surface area contributed by atoms with Gasteiger partial charge in [0.1, 0.15) is 5.82 Å². The minimum atomic E-state index is -0.452. The molecule has 0 saturated carbocycles. The number of ether oxygens (including phenoxy) is 1. The molecule has 0 heterocycles. The van der Waals surface area contributed by atoms with Crippen molar-refractivity contribution in [1.82, 2.24) is 10.2 Å². The number of halogens is 3. The first-order valence-corrected chi connectivity index (χ1v) is 7.91. The van der Waals surface area contributed by atoms with E-state index in [4.69, 9.17) is 10.00 Å². The Labute approximate surface area is 174 Å². The molecule has 0 radical (unpaired) electrons. The number of nitriles is 1. The molecule has 0 spiro atoms. The Bertz CT molecular complexity index is 852. The van der Waals surface area contributed by atoms with E-state index in [9.17, 15) is 8.78 Å². The Morgan fingerprint density at radius 2 is 1.96 bits per heavy atom. The Morgan fingerprint density at radius 1 is 1.22 bits per heavy atom. The largest absolute Gasteiger partial charge is 0.494 e. The summed E-state index contributed by atoms with van der Waals surface area (Å²) in [7, 11) is 4.83. The molecule has 0 aliphatic carbocycles. The molecule has 0 amide bonds. The summed E-state index contributed by atoms with van der Waals surface area (Å²) in [6.07, 6.45) is 0. The van der Waals surface area contributed by atoms with E-state index in [1.54, 1.807) is 43.3 Å². The number of guanidine groups is 1. The fourth-order valence-electron chi connectivity index (χ4n) is 2.48. The maximum Gasteiger partial charge on any atom is 0.193 e. The van der Waals surface area contributed by atoms with Crippen molar-refractivity contribution >= 4 is 29.9 Å². The Morgan fingerprint density at radius 3 is 2.52 bits per heavy atom. The van der Waals surface area contributed by atoms with Crippen molar-refractivity contribution in [3.8, 4) is 11.8 Å². The maximum atomic E-state index is 14.0. The highest BCUT2D eigenvalue weighted by Gasteiger charge is 2.11. The Kier molecular flexibility index (Phi) is 8.94. The van der Waals surface area contributed by atoms with Crippen LogP contribution < -0.4 is 10.1 Å². The summed E-state index contributed by atoms with van der Waals surface area (Å²) in [5.74, 6) is -0.159. The summed E-state index contributed by atoms with van der Waals surface area (Å²) in [6.45, 7) is 0.627. The van der Waals surface area contributed by atoms with Crippen LogP contribution in [-0.2, 0) is 13.1 Å². The highest BCUT2D eigenvalue weighted by Crippen LogP contribution is 2.18. The summed E-state index contributed by atoms with van der Waals surface area (Å²) in [5, 5.41) is 11.8. The van der Waals surface area contributed by atoms with Crippen LogP contribution in [0.25, 0.3) is 0 Å². The van der Waals surface area contributed by atoms with Crippen LogP contribution in [0.3, 0.4) is 0 Å². The molecule has 2 rings (SSSR count). The van der Waals surface area contributed by atoms with Gasteiger partial charge in [0.25, 0.3) is 0 Å². The molecule has 0 aliphatic heterocycles. The van der Waals surface area contributed by atoms with Crippen molar-refractivity contribution in [2.75, 3.05) is 21.2 Å². The van der Waals surface area contributed by atoms with E-state index in [1.165, 1.54) is 19.2 Å². The summed E-state index contributed by atoms with van der Waals surface area (Å²) in [4.78, 5) is 5.95. The lowest BCUT2D eigenvalue weighted by Gasteiger charge is -2.22. The van der Waals surface area contributed by atoms with E-state index in [2.05, 4.69) is 10.3 Å². The summed E-state index contributed by atoms with van der Waals surface area (Å²) in [5.41, 5.74) is 1.45. The van der Waals surface area contributed by atoms with Crippen molar-refractivity contribution in [1.29, 1.82) is 5.26 Å². The zero-order chi connectivity index (χ0) is 19.1. The van der Waals surface area contributed by atoms with Gasteiger partial charge in [-0.1, -0.05) is 12.1 Å². The molecule has 0 saturated heterocycles. The van der Waals surface area contributed by atoms with Crippen molar-refractivity contribution in [2.45, 2.75) is 13.1 Å². The predicted octanol–water partition coefficient (Wildman–Crippen LogP) is 3.67. The topological polar surface area (TPSA) is 60.7 Å². The standard InChI is InChI=1S/C19H20F2N4O.HI/c1-23-19(24-11-15-6-4-13(10-22)8-16(15)20)25(2)12-14-5-7-18(26-3)17(21)9-14;/h4-9H,11-12H2,1-3H3,(H,23,24);1H. The normalized spacial score (nSPS) is 10.6. The monoisotopic (exact) mass is 486 g/mol. The van der Waals surface area contributed by atoms with E-state index in [0.717, 1.165) is 5.56 Å². The third-order valence-electron chi connectivity index (χ3n) is 3.83. The van der Waals surface area contributed by atoms with E-state index in [-0.39, 0.29) is 41.8 Å². The highest BCUT2D eigenvalue weighted by atomic mass is 127. The first-order valence-electron chi connectivity index (χ1n) is 7.91. The van der Waals surface area contributed by atoms with E-state index in [0.29, 0.717) is 18.1 Å². The van der Waals surface area contributed by atoms with Crippen LogP contribution in [0.4, 0.5) is 8.78 Å². The van der Waals surface area contributed by atoms with Gasteiger partial charge in [-0.15, -0.1) is 24.0 Å². The van der Waals surface area contributed by atoms with Crippen LogP contribution in [0, 0.1) is 23.0 Å². The van der Waals surface area contributed by atoms with Gasteiger partial charge in [-0.3, -0.25) is 4.99 Å². The van der Waals surface area contributed by atoms with Gasteiger partial charge in [-0.05, 0) is 29.8 Å². The highest BCUT2D eigenvalue weighted by molar-refractivity contribution is 14.0. The van der Waals surface area contributed by atoms with E-state index >= 15 is 0 Å². The lowest BCUT2D eigenvalue weighted by Crippen LogP contribution is -2.38. The zero-order valence-electron chi connectivity index (χ0n) is 15.3. The molecule has 2 aromatic rings. The van der Waals surface area contributed by atoms with Crippen LogP contribution in [0.2, 0.25) is 0 Å². The van der Waals surface area contributed by atoms with Crippen molar-refractivity contribution < 1.29 is 13.5 Å². The quantitative estimate of drug-likeness (QED) is 0.398. The third-order valence-corrected chi connectivity index (χ3v) is 3.83. The molecular weight excluding hydrogens is 465 g/mol. The second kappa shape index (κ2) is 10.7. The third kappa shape index (κ3) is 6.06. The number of nitrogens with one attached hydrogen (secondary N) is 1. The SMILES string of the molecule is CN=C(NCc1ccc(C#N)cc1F)N(C)Cc1ccc(OC)c(F)c1.I. The van der Waals surface area contributed by atoms with E-state index in [1.807, 2.05) is 6.07 Å². The minimum absolute atomic E-state index is 0. The molecule has 0 unspecified atom stereocenters. The second-order valence-corrected chi connectivity index (χ2v) is 5.64. The average molecular weight is 486 g/mol. The molecular formula is C19H21F2IN4O. The van der Waals surface area contributed by atoms with Crippen LogP contribution in [0.5, 0.6) is 5.75 Å². The number of aliphatic imine (C=N–C) groups is 1. The van der Waals surface area contributed by atoms with E-state index < -0.39 is 11.6 Å². The molecule has 144 valence electrons. The molecule has 2 aromatic carbocycles. The molecule has 0 bridgehead atoms. The van der Waals surface area contributed by atoms with Gasteiger partial charge in [0.05, 0.1) is 18.7 Å². The first-order chi connectivity index (χ1) is 12.5. The van der Waals surface area contributed by atoms with Crippen LogP contribution in [-0.4, -0.2) is 32.1 Å². The fraction of sp³-hybridized carbons (Fsp3) is 0.263. The van der Waals surface area contributed by atoms with Crippen molar-refractivity contribution in [2.24, 2.45) is 4.99 Å². The zero-order valence-corrected chi connectivity index (χ0v) is 17.6. The maximum absolute atomic E-state index is 14.0. The number of nitrogens with zero attached hydrogens (tertiary/aromatic N) is 3. The molecule has 1 N–H and O–H groups in total. The summed E-state index contributed by atoms with van der Waals surface area (Å²) in [6, 6.07) is 11.0. The van der Waals surface area contributed by atoms with Gasteiger partial charge in [0, 0.05) is 32.7 Å². The number of benzene rings is 2. The Hall–Kier alpha value is -2.41. The molecule has 0 fully saturated rings. The number of hydrogen-bond donors (Lipinski definition) is 1. The smallest absolute Gasteiger partial charge is 0.193 e. The van der Waals surface area contributed by atoms with Gasteiger partial charge in [-0.2, -0.15) is 5.26 Å². The predicted molar refractivity (Wildman–Crippen MR) is 111 cm³/mol. The van der Waals surface area contributed by atoms with Crippen LogP contribution >= 0.6 is 24.0 Å². The number of rotatable bonds is 5. The number of hydrogen-bond acceptors (Lipinski definition) is 3. The van der Waals surface area contributed by atoms with Crippen molar-refractivity contribution in [3.63, 3.8) is 0 Å². The first kappa shape index (κ1) is 22.6. The Balaban J connectivity index is 0.00000364. The average Bonchev–Trinajstić information content (AvgIpc) is 2.63. The summed E-state index contributed by atoms with van der Waals surface area (Å²) < 4.78 is 32.7. The van der Waals surface area contributed by atoms with Gasteiger partial charge in [0.15, 0.2) is 17.5 Å². The van der Waals surface area contributed by atoms with Crippen LogP contribution in [0.15, 0.2) is 41.4 Å². The molecule has 8 heteroatoms. The molecule has 27 heavy (non-hydrogen) atoms. The van der Waals surface area contributed by atoms with Gasteiger partial charge >= 0.3 is 0 Å². The van der Waals surface area contributed by atoms with Gasteiger partial charge in [0.2, 0.25) is 0 Å². The minimum Gasteiger partial charge on any atom is -0.494 e. The molecule has 5 nitrogen and oxygen atoms in total. The van der Waals surface area contributed by atoms with Crippen molar-refractivity contribution in [3.05, 3.63) is 64.7 Å². The lowest BCUT2D eigenvalue weighted by molar-refractivity contribution is 0.385. The lowest BCUT2D eigenvalue weighted by atomic mass is 10.1. The van der Waals surface area contributed by atoms with Gasteiger partial charge in [-0.25, -0.2) is 8.78 Å². The van der Waals surface area contributed by atoms with Crippen LogP contribution in [0.1, 0.15) is 16.7 Å². The molecule has 0 aliphatic rings.